The average Bonchev–Trinajstić information content (AvgIpc) is 1.97. The molecule has 12 heavy (non-hydrogen) atoms. The minimum Gasteiger partial charge on any atom is -0.497 e. The first-order valence-electron chi connectivity index (χ1n) is 3.06. The number of allylic oxidation sites excluding steroid dienone is 3. The molecule has 0 bridgehead atoms. The lowest BCUT2D eigenvalue weighted by molar-refractivity contribution is -0.0883. The monoisotopic (exact) mass is 178 g/mol. The average molecular weight is 178 g/mol. The van der Waals surface area contributed by atoms with Gasteiger partial charge in [0.25, 0.3) is 0 Å². The molecular formula is C8H9F3O. The summed E-state index contributed by atoms with van der Waals surface area (Å²) in [5.41, 5.74) is -0.866. The van der Waals surface area contributed by atoms with E-state index in [1.54, 1.807) is 0 Å². The molecule has 0 radical (unpaired) electrons. The normalized spacial score (nSPS) is 12.5. The van der Waals surface area contributed by atoms with Gasteiger partial charge in [-0.1, -0.05) is 19.2 Å². The Bertz CT molecular complexity index is 213. The molecule has 0 aliphatic carbocycles. The Morgan fingerprint density at radius 1 is 1.42 bits per heavy atom. The maximum atomic E-state index is 12.0. The largest absolute Gasteiger partial charge is 0.497 e. The molecule has 0 aliphatic rings. The first-order chi connectivity index (χ1) is 5.41. The Balaban J connectivity index is 4.67. The Morgan fingerprint density at radius 2 is 1.92 bits per heavy atom. The summed E-state index contributed by atoms with van der Waals surface area (Å²) in [5.74, 6) is -0.0535. The Kier molecular flexibility index (Phi) is 3.60. The van der Waals surface area contributed by atoms with Crippen LogP contribution in [-0.4, -0.2) is 13.3 Å². The van der Waals surface area contributed by atoms with Gasteiger partial charge in [-0.05, 0) is 6.08 Å². The number of rotatable bonds is 3. The Labute approximate surface area is 68.8 Å². The maximum Gasteiger partial charge on any atom is 0.416 e. The molecule has 0 aromatic carbocycles. The number of alkyl halides is 3. The first kappa shape index (κ1) is 10.8. The van der Waals surface area contributed by atoms with E-state index in [1.165, 1.54) is 7.11 Å². The highest BCUT2D eigenvalue weighted by Gasteiger charge is 2.31. The molecule has 0 unspecified atom stereocenters. The van der Waals surface area contributed by atoms with Gasteiger partial charge < -0.3 is 4.74 Å². The van der Waals surface area contributed by atoms with Crippen molar-refractivity contribution < 1.29 is 17.9 Å². The van der Waals surface area contributed by atoms with Crippen LogP contribution in [0.15, 0.2) is 36.6 Å². The second-order valence-electron chi connectivity index (χ2n) is 1.97. The highest BCUT2D eigenvalue weighted by Crippen LogP contribution is 2.26. The number of hydrogen-bond acceptors (Lipinski definition) is 1. The molecule has 0 N–H and O–H groups in total. The molecule has 0 spiro atoms. The molecule has 68 valence electrons. The van der Waals surface area contributed by atoms with Crippen molar-refractivity contribution in [3.63, 3.8) is 0 Å². The van der Waals surface area contributed by atoms with Crippen LogP contribution in [0, 0.1) is 0 Å². The van der Waals surface area contributed by atoms with Crippen molar-refractivity contribution in [1.82, 2.24) is 0 Å². The van der Waals surface area contributed by atoms with E-state index in [4.69, 9.17) is 0 Å². The van der Waals surface area contributed by atoms with Crippen LogP contribution in [-0.2, 0) is 4.74 Å². The SMILES string of the molecule is C=CC(=CC(=C)OC)C(F)(F)F. The topological polar surface area (TPSA) is 9.23 Å². The molecule has 0 aromatic heterocycles. The predicted octanol–water partition coefficient (Wildman–Crippen LogP) is 2.82. The van der Waals surface area contributed by atoms with Crippen LogP contribution in [0.4, 0.5) is 13.2 Å². The third kappa shape index (κ3) is 3.27. The number of methoxy groups -OCH3 is 1. The molecule has 0 heterocycles. The smallest absolute Gasteiger partial charge is 0.416 e. The van der Waals surface area contributed by atoms with Crippen molar-refractivity contribution in [2.24, 2.45) is 0 Å². The van der Waals surface area contributed by atoms with E-state index >= 15 is 0 Å². The van der Waals surface area contributed by atoms with Crippen LogP contribution in [0.3, 0.4) is 0 Å². The van der Waals surface area contributed by atoms with Crippen LogP contribution < -0.4 is 0 Å². The highest BCUT2D eigenvalue weighted by molar-refractivity contribution is 5.28. The lowest BCUT2D eigenvalue weighted by atomic mass is 10.2. The van der Waals surface area contributed by atoms with Crippen molar-refractivity contribution >= 4 is 0 Å². The second kappa shape index (κ2) is 3.99. The van der Waals surface area contributed by atoms with Crippen LogP contribution >= 0.6 is 0 Å². The fraction of sp³-hybridized carbons (Fsp3) is 0.250. The van der Waals surface area contributed by atoms with Gasteiger partial charge in [-0.3, -0.25) is 0 Å². The van der Waals surface area contributed by atoms with E-state index in [2.05, 4.69) is 17.9 Å². The van der Waals surface area contributed by atoms with Gasteiger partial charge in [0.2, 0.25) is 0 Å². The molecular weight excluding hydrogens is 169 g/mol. The fourth-order valence-electron chi connectivity index (χ4n) is 0.489. The van der Waals surface area contributed by atoms with E-state index in [1.807, 2.05) is 0 Å². The summed E-state index contributed by atoms with van der Waals surface area (Å²) in [6, 6.07) is 0. The molecule has 4 heteroatoms. The van der Waals surface area contributed by atoms with Crippen molar-refractivity contribution in [2.75, 3.05) is 7.11 Å². The summed E-state index contributed by atoms with van der Waals surface area (Å²) in [5, 5.41) is 0. The van der Waals surface area contributed by atoms with Gasteiger partial charge in [0, 0.05) is 0 Å². The summed E-state index contributed by atoms with van der Waals surface area (Å²) in [4.78, 5) is 0. The van der Waals surface area contributed by atoms with Crippen molar-refractivity contribution in [2.45, 2.75) is 6.18 Å². The van der Waals surface area contributed by atoms with Crippen LogP contribution in [0.5, 0.6) is 0 Å². The summed E-state index contributed by atoms with van der Waals surface area (Å²) >= 11 is 0. The van der Waals surface area contributed by atoms with Gasteiger partial charge in [-0.15, -0.1) is 0 Å². The highest BCUT2D eigenvalue weighted by atomic mass is 19.4. The molecule has 0 aliphatic heterocycles. The zero-order valence-electron chi connectivity index (χ0n) is 6.61. The molecule has 0 fully saturated rings. The lowest BCUT2D eigenvalue weighted by Crippen LogP contribution is -2.10. The number of ether oxygens (including phenoxy) is 1. The number of halogens is 3. The van der Waals surface area contributed by atoms with Gasteiger partial charge in [-0.25, -0.2) is 0 Å². The molecule has 0 saturated heterocycles. The molecule has 0 rings (SSSR count). The quantitative estimate of drug-likeness (QED) is 0.477. The van der Waals surface area contributed by atoms with E-state index < -0.39 is 11.7 Å². The Hall–Kier alpha value is -1.19. The van der Waals surface area contributed by atoms with E-state index in [9.17, 15) is 13.2 Å². The van der Waals surface area contributed by atoms with E-state index in [0.29, 0.717) is 6.08 Å². The predicted molar refractivity (Wildman–Crippen MR) is 40.5 cm³/mol. The minimum absolute atomic E-state index is 0.0535. The van der Waals surface area contributed by atoms with Crippen molar-refractivity contribution in [1.29, 1.82) is 0 Å². The van der Waals surface area contributed by atoms with Crippen molar-refractivity contribution in [3.8, 4) is 0 Å². The summed E-state index contributed by atoms with van der Waals surface area (Å²) in [7, 11) is 1.25. The fourth-order valence-corrected chi connectivity index (χ4v) is 0.489. The minimum atomic E-state index is -4.40. The van der Waals surface area contributed by atoms with E-state index in [0.717, 1.165) is 6.08 Å². The van der Waals surface area contributed by atoms with Crippen LogP contribution in [0.1, 0.15) is 0 Å². The maximum absolute atomic E-state index is 12.0. The summed E-state index contributed by atoms with van der Waals surface area (Å²) in [6.45, 7) is 6.26. The van der Waals surface area contributed by atoms with Gasteiger partial charge in [0.05, 0.1) is 12.7 Å². The van der Waals surface area contributed by atoms with Gasteiger partial charge >= 0.3 is 6.18 Å². The third-order valence-electron chi connectivity index (χ3n) is 1.13. The standard InChI is InChI=1S/C8H9F3O/c1-4-7(8(9,10)11)5-6(2)12-3/h4-5H,1-2H2,3H3. The molecule has 0 aromatic rings. The van der Waals surface area contributed by atoms with Gasteiger partial charge in [0.15, 0.2) is 0 Å². The molecule has 1 nitrogen and oxygen atoms in total. The lowest BCUT2D eigenvalue weighted by Gasteiger charge is -2.07. The summed E-state index contributed by atoms with van der Waals surface area (Å²) in [6.07, 6.45) is -2.90. The first-order valence-corrected chi connectivity index (χ1v) is 3.06. The second-order valence-corrected chi connectivity index (χ2v) is 1.97. The zero-order valence-corrected chi connectivity index (χ0v) is 6.61. The Morgan fingerprint density at radius 3 is 2.17 bits per heavy atom. The van der Waals surface area contributed by atoms with Gasteiger partial charge in [-0.2, -0.15) is 13.2 Å². The molecule has 0 saturated carbocycles. The summed E-state index contributed by atoms with van der Waals surface area (Å²) < 4.78 is 40.4. The van der Waals surface area contributed by atoms with E-state index in [-0.39, 0.29) is 5.76 Å². The van der Waals surface area contributed by atoms with Gasteiger partial charge in [0.1, 0.15) is 5.76 Å². The van der Waals surface area contributed by atoms with Crippen LogP contribution in [0.2, 0.25) is 0 Å². The van der Waals surface area contributed by atoms with Crippen LogP contribution in [0.25, 0.3) is 0 Å². The third-order valence-corrected chi connectivity index (χ3v) is 1.13. The zero-order chi connectivity index (χ0) is 9.78. The number of hydrogen-bond donors (Lipinski definition) is 0. The van der Waals surface area contributed by atoms with Crippen molar-refractivity contribution in [3.05, 3.63) is 36.6 Å². The molecule has 0 atom stereocenters. The molecule has 0 amide bonds.